The van der Waals surface area contributed by atoms with E-state index in [1.807, 2.05) is 20.8 Å². The summed E-state index contributed by atoms with van der Waals surface area (Å²) in [6, 6.07) is 0.740. The molecule has 0 bridgehead atoms. The number of likely N-dealkylation sites (N-methyl/N-ethyl adjacent to an activating group) is 1. The molecule has 0 saturated carbocycles. The summed E-state index contributed by atoms with van der Waals surface area (Å²) in [6.07, 6.45) is 2.68. The van der Waals surface area contributed by atoms with Gasteiger partial charge in [0.05, 0.1) is 0 Å². The third-order valence-electron chi connectivity index (χ3n) is 2.19. The highest BCUT2D eigenvalue weighted by atomic mass is 16.5. The van der Waals surface area contributed by atoms with E-state index in [9.17, 15) is 4.79 Å². The van der Waals surface area contributed by atoms with E-state index >= 15 is 0 Å². The molecule has 0 aromatic carbocycles. The van der Waals surface area contributed by atoms with E-state index in [1.165, 1.54) is 19.4 Å². The predicted octanol–water partition coefficient (Wildman–Crippen LogP) is 1.31. The van der Waals surface area contributed by atoms with Gasteiger partial charge in [-0.05, 0) is 46.7 Å². The molecule has 1 fully saturated rings. The molecule has 0 unspecified atom stereocenters. The van der Waals surface area contributed by atoms with Crippen LogP contribution in [0.1, 0.15) is 40.5 Å². The van der Waals surface area contributed by atoms with Crippen molar-refractivity contribution >= 4 is 6.47 Å². The number of carbonyl (C=O) groups excluding carboxylic acids is 1. The molecule has 0 aliphatic carbocycles. The smallest absolute Gasteiger partial charge is 0.293 e. The lowest BCUT2D eigenvalue weighted by Gasteiger charge is -2.22. The third-order valence-corrected chi connectivity index (χ3v) is 2.19. The van der Waals surface area contributed by atoms with Gasteiger partial charge in [-0.25, -0.2) is 0 Å². The first-order valence-corrected chi connectivity index (χ1v) is 6.05. The fourth-order valence-corrected chi connectivity index (χ4v) is 1.46. The zero-order valence-corrected chi connectivity index (χ0v) is 11.0. The molecule has 0 radical (unpaired) electrons. The highest BCUT2D eigenvalue weighted by molar-refractivity contribution is 5.37. The molecule has 1 aliphatic rings. The Morgan fingerprint density at radius 3 is 2.50 bits per heavy atom. The first kappa shape index (κ1) is 15.4. The Bertz CT molecular complexity index is 170. The van der Waals surface area contributed by atoms with Crippen LogP contribution in [0.15, 0.2) is 0 Å². The van der Waals surface area contributed by atoms with Gasteiger partial charge in [-0.15, -0.1) is 0 Å². The Labute approximate surface area is 99.1 Å². The van der Waals surface area contributed by atoms with Crippen molar-refractivity contribution in [3.05, 3.63) is 0 Å². The zero-order valence-electron chi connectivity index (χ0n) is 11.0. The van der Waals surface area contributed by atoms with Gasteiger partial charge in [0.1, 0.15) is 5.60 Å². The quantitative estimate of drug-likeness (QED) is 0.718. The standard InChI is InChI=1S/C7H16N2.C5H10O2/c1-2-9-7-4-3-5-8-6-7;1-5(2,3)7-4-6/h7-9H,2-6H2,1H3;4H,1-3H3/t7-;/m1./s1. The van der Waals surface area contributed by atoms with E-state index in [0.29, 0.717) is 6.47 Å². The highest BCUT2D eigenvalue weighted by Gasteiger charge is 2.09. The Balaban J connectivity index is 0.000000293. The van der Waals surface area contributed by atoms with E-state index in [0.717, 1.165) is 19.1 Å². The zero-order chi connectivity index (χ0) is 12.4. The fourth-order valence-electron chi connectivity index (χ4n) is 1.46. The van der Waals surface area contributed by atoms with Crippen molar-refractivity contribution in [2.75, 3.05) is 19.6 Å². The SMILES string of the molecule is CC(C)(C)OC=O.CCN[C@@H]1CCCNC1. The fraction of sp³-hybridized carbons (Fsp3) is 0.917. The van der Waals surface area contributed by atoms with Crippen molar-refractivity contribution in [1.29, 1.82) is 0 Å². The van der Waals surface area contributed by atoms with Gasteiger partial charge in [0.15, 0.2) is 0 Å². The molecule has 0 aromatic rings. The molecule has 2 N–H and O–H groups in total. The van der Waals surface area contributed by atoms with Gasteiger partial charge < -0.3 is 15.4 Å². The Kier molecular flexibility index (Phi) is 8.21. The molecule has 1 rings (SSSR count). The summed E-state index contributed by atoms with van der Waals surface area (Å²) in [5.41, 5.74) is -0.318. The normalized spacial score (nSPS) is 20.6. The van der Waals surface area contributed by atoms with Crippen LogP contribution in [0.2, 0.25) is 0 Å². The summed E-state index contributed by atoms with van der Waals surface area (Å²) >= 11 is 0. The van der Waals surface area contributed by atoms with Crippen molar-refractivity contribution in [3.63, 3.8) is 0 Å². The summed E-state index contributed by atoms with van der Waals surface area (Å²) in [6.45, 7) is 11.6. The van der Waals surface area contributed by atoms with E-state index in [1.54, 1.807) is 0 Å². The minimum absolute atomic E-state index is 0.318. The van der Waals surface area contributed by atoms with Crippen molar-refractivity contribution in [2.24, 2.45) is 0 Å². The monoisotopic (exact) mass is 230 g/mol. The third kappa shape index (κ3) is 9.93. The maximum atomic E-state index is 9.60. The lowest BCUT2D eigenvalue weighted by atomic mass is 10.1. The highest BCUT2D eigenvalue weighted by Crippen LogP contribution is 2.02. The minimum Gasteiger partial charge on any atom is -0.462 e. The molecular weight excluding hydrogens is 204 g/mol. The predicted molar refractivity (Wildman–Crippen MR) is 66.5 cm³/mol. The van der Waals surface area contributed by atoms with Gasteiger partial charge in [0.2, 0.25) is 0 Å². The van der Waals surface area contributed by atoms with Crippen molar-refractivity contribution in [1.82, 2.24) is 10.6 Å². The molecule has 4 nitrogen and oxygen atoms in total. The Hall–Kier alpha value is -0.610. The van der Waals surface area contributed by atoms with Gasteiger partial charge in [0.25, 0.3) is 6.47 Å². The molecule has 0 aromatic heterocycles. The van der Waals surface area contributed by atoms with Crippen LogP contribution in [0.4, 0.5) is 0 Å². The molecule has 16 heavy (non-hydrogen) atoms. The lowest BCUT2D eigenvalue weighted by molar-refractivity contribution is -0.138. The first-order chi connectivity index (χ1) is 7.49. The number of rotatable bonds is 3. The summed E-state index contributed by atoms with van der Waals surface area (Å²) < 4.78 is 4.55. The largest absolute Gasteiger partial charge is 0.462 e. The van der Waals surface area contributed by atoms with Crippen LogP contribution in [0.3, 0.4) is 0 Å². The number of hydrogen-bond acceptors (Lipinski definition) is 4. The molecule has 0 spiro atoms. The van der Waals surface area contributed by atoms with Gasteiger partial charge in [0, 0.05) is 12.6 Å². The van der Waals surface area contributed by atoms with Crippen LogP contribution >= 0.6 is 0 Å². The van der Waals surface area contributed by atoms with Gasteiger partial charge in [-0.1, -0.05) is 6.92 Å². The van der Waals surface area contributed by atoms with E-state index < -0.39 is 0 Å². The van der Waals surface area contributed by atoms with Gasteiger partial charge in [-0.3, -0.25) is 4.79 Å². The second kappa shape index (κ2) is 8.53. The second-order valence-electron chi connectivity index (χ2n) is 4.93. The topological polar surface area (TPSA) is 50.4 Å². The molecule has 1 saturated heterocycles. The molecule has 1 atom stereocenters. The molecule has 4 heteroatoms. The second-order valence-corrected chi connectivity index (χ2v) is 4.93. The molecular formula is C12H26N2O2. The summed E-state index contributed by atoms with van der Waals surface area (Å²) in [4.78, 5) is 9.60. The van der Waals surface area contributed by atoms with Crippen LogP contribution in [0, 0.1) is 0 Å². The lowest BCUT2D eigenvalue weighted by Crippen LogP contribution is -2.42. The maximum absolute atomic E-state index is 9.60. The van der Waals surface area contributed by atoms with Crippen molar-refractivity contribution in [3.8, 4) is 0 Å². The van der Waals surface area contributed by atoms with E-state index in [-0.39, 0.29) is 5.60 Å². The van der Waals surface area contributed by atoms with Crippen molar-refractivity contribution < 1.29 is 9.53 Å². The molecule has 0 amide bonds. The summed E-state index contributed by atoms with van der Waals surface area (Å²) in [5, 5.41) is 6.78. The van der Waals surface area contributed by atoms with Crippen LogP contribution in [0.25, 0.3) is 0 Å². The maximum Gasteiger partial charge on any atom is 0.293 e. The number of ether oxygens (including phenoxy) is 1. The summed E-state index contributed by atoms with van der Waals surface area (Å²) in [5.74, 6) is 0. The number of nitrogens with one attached hydrogen (secondary N) is 2. The number of piperidine rings is 1. The summed E-state index contributed by atoms with van der Waals surface area (Å²) in [7, 11) is 0. The van der Waals surface area contributed by atoms with E-state index in [4.69, 9.17) is 0 Å². The van der Waals surface area contributed by atoms with Crippen LogP contribution in [-0.4, -0.2) is 37.7 Å². The minimum atomic E-state index is -0.318. The van der Waals surface area contributed by atoms with Crippen molar-refractivity contribution in [2.45, 2.75) is 52.2 Å². The van der Waals surface area contributed by atoms with Gasteiger partial charge in [-0.2, -0.15) is 0 Å². The molecule has 96 valence electrons. The van der Waals surface area contributed by atoms with Gasteiger partial charge >= 0.3 is 0 Å². The number of carbonyl (C=O) groups is 1. The Morgan fingerprint density at radius 2 is 2.19 bits per heavy atom. The average Bonchev–Trinajstić information content (AvgIpc) is 2.19. The molecule has 1 heterocycles. The van der Waals surface area contributed by atoms with E-state index in [2.05, 4.69) is 22.3 Å². The first-order valence-electron chi connectivity index (χ1n) is 6.05. The number of hydrogen-bond donors (Lipinski definition) is 2. The molecule has 1 aliphatic heterocycles. The average molecular weight is 230 g/mol. The Morgan fingerprint density at radius 1 is 1.50 bits per heavy atom. The van der Waals surface area contributed by atoms with Crippen LogP contribution in [0.5, 0.6) is 0 Å². The van der Waals surface area contributed by atoms with Crippen LogP contribution in [-0.2, 0) is 9.53 Å². The van der Waals surface area contributed by atoms with Crippen LogP contribution < -0.4 is 10.6 Å².